The standard InChI is InChI=1S/C17H28N4O/c1-13-10-14(2)21(18-13)12-16-6-4-5-8-20(16)17(22)15-7-9-19(3)11-15/h10,15-16H,4-9,11-12H2,1-3H3/t15-,16-/m0/s1. The maximum Gasteiger partial charge on any atom is 0.227 e. The van der Waals surface area contributed by atoms with Gasteiger partial charge in [-0.3, -0.25) is 9.48 Å². The molecule has 1 aromatic heterocycles. The van der Waals surface area contributed by atoms with Crippen LogP contribution in [0.1, 0.15) is 37.1 Å². The van der Waals surface area contributed by atoms with Crippen molar-refractivity contribution < 1.29 is 4.79 Å². The molecule has 3 heterocycles. The van der Waals surface area contributed by atoms with Crippen LogP contribution in [0.2, 0.25) is 0 Å². The molecule has 0 aromatic carbocycles. The highest BCUT2D eigenvalue weighted by molar-refractivity contribution is 5.79. The first-order valence-corrected chi connectivity index (χ1v) is 8.54. The fraction of sp³-hybridized carbons (Fsp3) is 0.765. The summed E-state index contributed by atoms with van der Waals surface area (Å²) < 4.78 is 2.08. The van der Waals surface area contributed by atoms with E-state index in [-0.39, 0.29) is 5.92 Å². The van der Waals surface area contributed by atoms with E-state index in [1.807, 2.05) is 6.92 Å². The maximum absolute atomic E-state index is 12.9. The SMILES string of the molecule is Cc1cc(C)n(C[C@@H]2CCCCN2C(=O)[C@H]2CCN(C)C2)n1. The van der Waals surface area contributed by atoms with Gasteiger partial charge in [-0.25, -0.2) is 0 Å². The van der Waals surface area contributed by atoms with E-state index in [1.54, 1.807) is 0 Å². The summed E-state index contributed by atoms with van der Waals surface area (Å²) in [4.78, 5) is 17.3. The van der Waals surface area contributed by atoms with Crippen LogP contribution in [-0.4, -0.2) is 58.2 Å². The second-order valence-corrected chi connectivity index (χ2v) is 7.04. The fourth-order valence-electron chi connectivity index (χ4n) is 3.91. The zero-order valence-corrected chi connectivity index (χ0v) is 14.1. The molecule has 1 amide bonds. The summed E-state index contributed by atoms with van der Waals surface area (Å²) >= 11 is 0. The number of aryl methyl sites for hydroxylation is 2. The molecule has 0 spiro atoms. The van der Waals surface area contributed by atoms with Crippen molar-refractivity contribution >= 4 is 5.91 Å². The van der Waals surface area contributed by atoms with E-state index in [0.29, 0.717) is 11.9 Å². The number of likely N-dealkylation sites (tertiary alicyclic amines) is 2. The topological polar surface area (TPSA) is 41.4 Å². The summed E-state index contributed by atoms with van der Waals surface area (Å²) in [5, 5.41) is 4.58. The number of aromatic nitrogens is 2. The van der Waals surface area contributed by atoms with Gasteiger partial charge in [-0.15, -0.1) is 0 Å². The summed E-state index contributed by atoms with van der Waals surface area (Å²) in [6, 6.07) is 2.42. The van der Waals surface area contributed by atoms with Crippen LogP contribution in [0.5, 0.6) is 0 Å². The molecule has 5 heteroatoms. The van der Waals surface area contributed by atoms with Gasteiger partial charge in [-0.1, -0.05) is 0 Å². The highest BCUT2D eigenvalue weighted by Crippen LogP contribution is 2.24. The number of amides is 1. The molecule has 22 heavy (non-hydrogen) atoms. The summed E-state index contributed by atoms with van der Waals surface area (Å²) in [6.07, 6.45) is 4.48. The zero-order chi connectivity index (χ0) is 15.7. The van der Waals surface area contributed by atoms with Crippen molar-refractivity contribution in [2.24, 2.45) is 5.92 Å². The Bertz CT molecular complexity index is 539. The monoisotopic (exact) mass is 304 g/mol. The molecule has 0 bridgehead atoms. The van der Waals surface area contributed by atoms with E-state index < -0.39 is 0 Å². The summed E-state index contributed by atoms with van der Waals surface area (Å²) in [6.45, 7) is 7.86. The summed E-state index contributed by atoms with van der Waals surface area (Å²) in [5.41, 5.74) is 2.25. The number of carbonyl (C=O) groups excluding carboxylic acids is 1. The van der Waals surface area contributed by atoms with Gasteiger partial charge in [0.05, 0.1) is 24.2 Å². The van der Waals surface area contributed by atoms with Crippen LogP contribution in [-0.2, 0) is 11.3 Å². The molecule has 2 fully saturated rings. The Hall–Kier alpha value is -1.36. The fourth-order valence-corrected chi connectivity index (χ4v) is 3.91. The van der Waals surface area contributed by atoms with Crippen LogP contribution in [0, 0.1) is 19.8 Å². The molecular formula is C17H28N4O. The minimum Gasteiger partial charge on any atom is -0.338 e. The first-order valence-electron chi connectivity index (χ1n) is 8.54. The second-order valence-electron chi connectivity index (χ2n) is 7.04. The largest absolute Gasteiger partial charge is 0.338 e. The maximum atomic E-state index is 12.9. The number of nitrogens with zero attached hydrogens (tertiary/aromatic N) is 4. The van der Waals surface area contributed by atoms with Crippen molar-refractivity contribution in [2.75, 3.05) is 26.7 Å². The van der Waals surface area contributed by atoms with Crippen LogP contribution in [0.25, 0.3) is 0 Å². The summed E-state index contributed by atoms with van der Waals surface area (Å²) in [7, 11) is 2.11. The predicted octanol–water partition coefficient (Wildman–Crippen LogP) is 1.83. The van der Waals surface area contributed by atoms with Crippen LogP contribution in [0.3, 0.4) is 0 Å². The molecule has 2 saturated heterocycles. The number of carbonyl (C=O) groups is 1. The smallest absolute Gasteiger partial charge is 0.227 e. The molecule has 0 aliphatic carbocycles. The van der Waals surface area contributed by atoms with Gasteiger partial charge in [0.25, 0.3) is 0 Å². The van der Waals surface area contributed by atoms with Crippen molar-refractivity contribution in [3.05, 3.63) is 17.5 Å². The first-order chi connectivity index (χ1) is 10.5. The van der Waals surface area contributed by atoms with Crippen molar-refractivity contribution in [2.45, 2.75) is 52.1 Å². The molecule has 2 atom stereocenters. The third kappa shape index (κ3) is 3.19. The van der Waals surface area contributed by atoms with Crippen LogP contribution in [0.4, 0.5) is 0 Å². The molecule has 122 valence electrons. The van der Waals surface area contributed by atoms with E-state index in [4.69, 9.17) is 0 Å². The average Bonchev–Trinajstić information content (AvgIpc) is 3.05. The first kappa shape index (κ1) is 15.5. The minimum atomic E-state index is 0.200. The number of hydrogen-bond donors (Lipinski definition) is 0. The Morgan fingerprint density at radius 3 is 2.73 bits per heavy atom. The van der Waals surface area contributed by atoms with E-state index in [0.717, 1.165) is 51.1 Å². The molecule has 5 nitrogen and oxygen atoms in total. The van der Waals surface area contributed by atoms with Gasteiger partial charge in [0.15, 0.2) is 0 Å². The van der Waals surface area contributed by atoms with Crippen LogP contribution < -0.4 is 0 Å². The van der Waals surface area contributed by atoms with Gasteiger partial charge in [0.1, 0.15) is 0 Å². The van der Waals surface area contributed by atoms with Gasteiger partial charge in [0.2, 0.25) is 5.91 Å². The van der Waals surface area contributed by atoms with Gasteiger partial charge in [0, 0.05) is 18.8 Å². The van der Waals surface area contributed by atoms with Crippen LogP contribution in [0.15, 0.2) is 6.07 Å². The highest BCUT2D eigenvalue weighted by Gasteiger charge is 2.34. The molecule has 1 aromatic rings. The Kier molecular flexibility index (Phi) is 4.52. The molecule has 0 radical (unpaired) electrons. The lowest BCUT2D eigenvalue weighted by atomic mass is 9.98. The molecule has 0 N–H and O–H groups in total. The molecule has 3 rings (SSSR count). The Morgan fingerprint density at radius 2 is 2.09 bits per heavy atom. The average molecular weight is 304 g/mol. The van der Waals surface area contributed by atoms with E-state index in [2.05, 4.69) is 39.6 Å². The molecule has 2 aliphatic heterocycles. The molecular weight excluding hydrogens is 276 g/mol. The van der Waals surface area contributed by atoms with Gasteiger partial charge in [-0.05, 0) is 59.2 Å². The predicted molar refractivity (Wildman–Crippen MR) is 86.7 cm³/mol. The Balaban J connectivity index is 1.71. The van der Waals surface area contributed by atoms with Gasteiger partial charge in [-0.2, -0.15) is 5.10 Å². The molecule has 0 unspecified atom stereocenters. The van der Waals surface area contributed by atoms with Crippen LogP contribution >= 0.6 is 0 Å². The quantitative estimate of drug-likeness (QED) is 0.855. The number of rotatable bonds is 3. The molecule has 0 saturated carbocycles. The second kappa shape index (κ2) is 6.41. The Labute approximate surface area is 133 Å². The minimum absolute atomic E-state index is 0.200. The number of hydrogen-bond acceptors (Lipinski definition) is 3. The lowest BCUT2D eigenvalue weighted by Crippen LogP contribution is -2.48. The van der Waals surface area contributed by atoms with Gasteiger partial charge < -0.3 is 9.80 Å². The normalized spacial score (nSPS) is 26.6. The molecule has 2 aliphatic rings. The summed E-state index contributed by atoms with van der Waals surface area (Å²) in [5.74, 6) is 0.571. The van der Waals surface area contributed by atoms with Crippen molar-refractivity contribution in [3.63, 3.8) is 0 Å². The number of piperidine rings is 1. The lowest BCUT2D eigenvalue weighted by molar-refractivity contribution is -0.139. The van der Waals surface area contributed by atoms with E-state index >= 15 is 0 Å². The van der Waals surface area contributed by atoms with E-state index in [1.165, 1.54) is 12.1 Å². The third-order valence-corrected chi connectivity index (χ3v) is 5.14. The lowest BCUT2D eigenvalue weighted by Gasteiger charge is -2.37. The van der Waals surface area contributed by atoms with Crippen molar-refractivity contribution in [1.29, 1.82) is 0 Å². The van der Waals surface area contributed by atoms with E-state index in [9.17, 15) is 4.79 Å². The zero-order valence-electron chi connectivity index (χ0n) is 14.1. The highest BCUT2D eigenvalue weighted by atomic mass is 16.2. The Morgan fingerprint density at radius 1 is 1.27 bits per heavy atom. The van der Waals surface area contributed by atoms with Gasteiger partial charge >= 0.3 is 0 Å². The van der Waals surface area contributed by atoms with Crippen molar-refractivity contribution in [1.82, 2.24) is 19.6 Å². The third-order valence-electron chi connectivity index (χ3n) is 5.14. The van der Waals surface area contributed by atoms with Crippen molar-refractivity contribution in [3.8, 4) is 0 Å².